The molecule has 2 aliphatic rings. The van der Waals surface area contributed by atoms with E-state index in [0.717, 1.165) is 5.56 Å². The average Bonchev–Trinajstić information content (AvgIpc) is 3.22. The van der Waals surface area contributed by atoms with Crippen molar-refractivity contribution in [3.05, 3.63) is 60.2 Å². The van der Waals surface area contributed by atoms with Crippen LogP contribution in [-0.4, -0.2) is 53.4 Å². The van der Waals surface area contributed by atoms with Crippen LogP contribution in [0.4, 0.5) is 10.5 Å². The molecule has 0 N–H and O–H groups in total. The zero-order chi connectivity index (χ0) is 23.0. The third-order valence-corrected chi connectivity index (χ3v) is 6.11. The first kappa shape index (κ1) is 21.9. The Morgan fingerprint density at radius 1 is 1.03 bits per heavy atom. The largest absolute Gasteiger partial charge is 0.497 e. The van der Waals surface area contributed by atoms with Crippen molar-refractivity contribution in [3.8, 4) is 5.75 Å². The number of imide groups is 1. The zero-order valence-electron chi connectivity index (χ0n) is 18.9. The number of benzene rings is 2. The molecule has 7 nitrogen and oxygen atoms in total. The van der Waals surface area contributed by atoms with Crippen LogP contribution < -0.4 is 9.64 Å². The van der Waals surface area contributed by atoms with Gasteiger partial charge in [-0.2, -0.15) is 0 Å². The topological polar surface area (TPSA) is 70.2 Å². The summed E-state index contributed by atoms with van der Waals surface area (Å²) in [6, 6.07) is 15.1. The van der Waals surface area contributed by atoms with Gasteiger partial charge in [0, 0.05) is 18.5 Å². The Bertz CT molecular complexity index is 1010. The molecular formula is C25H29N3O4. The van der Waals surface area contributed by atoms with Gasteiger partial charge in [0.15, 0.2) is 0 Å². The third kappa shape index (κ3) is 3.83. The molecule has 2 atom stereocenters. The molecule has 4 rings (SSSR count). The van der Waals surface area contributed by atoms with Crippen molar-refractivity contribution in [2.75, 3.05) is 18.6 Å². The number of anilines is 1. The van der Waals surface area contributed by atoms with E-state index in [1.54, 1.807) is 41.2 Å². The van der Waals surface area contributed by atoms with Crippen molar-refractivity contribution in [1.29, 1.82) is 0 Å². The third-order valence-electron chi connectivity index (χ3n) is 6.11. The molecule has 2 aromatic carbocycles. The van der Waals surface area contributed by atoms with E-state index in [9.17, 15) is 14.4 Å². The quantitative estimate of drug-likeness (QED) is 0.735. The summed E-state index contributed by atoms with van der Waals surface area (Å²) in [4.78, 5) is 45.1. The summed E-state index contributed by atoms with van der Waals surface area (Å²) in [5.41, 5.74) is 0.822. The van der Waals surface area contributed by atoms with Crippen molar-refractivity contribution < 1.29 is 19.1 Å². The van der Waals surface area contributed by atoms with Gasteiger partial charge in [0.25, 0.3) is 5.91 Å². The van der Waals surface area contributed by atoms with E-state index >= 15 is 0 Å². The Kier molecular flexibility index (Phi) is 5.67. The molecule has 0 bridgehead atoms. The van der Waals surface area contributed by atoms with Crippen molar-refractivity contribution in [1.82, 2.24) is 9.80 Å². The van der Waals surface area contributed by atoms with Gasteiger partial charge in [-0.05, 0) is 36.2 Å². The van der Waals surface area contributed by atoms with Crippen molar-refractivity contribution in [2.24, 2.45) is 5.41 Å². The molecule has 7 heteroatoms. The lowest BCUT2D eigenvalue weighted by molar-refractivity contribution is -0.145. The van der Waals surface area contributed by atoms with E-state index in [4.69, 9.17) is 4.74 Å². The minimum absolute atomic E-state index is 0.0814. The smallest absolute Gasteiger partial charge is 0.332 e. The van der Waals surface area contributed by atoms with Gasteiger partial charge >= 0.3 is 6.03 Å². The van der Waals surface area contributed by atoms with E-state index < -0.39 is 11.5 Å². The molecule has 4 amide bonds. The first-order valence-corrected chi connectivity index (χ1v) is 10.9. The SMILES string of the molecule is COc1ccc(N2C(=O)C3C(CCN3C(=O)C(C)(C)C)N(Cc3ccccc3)C2=O)cc1. The number of carbonyl (C=O) groups excluding carboxylic acids is 3. The van der Waals surface area contributed by atoms with Crippen LogP contribution in [0.15, 0.2) is 54.6 Å². The molecule has 2 aromatic rings. The summed E-state index contributed by atoms with van der Waals surface area (Å²) in [6.07, 6.45) is 0.577. The number of methoxy groups -OCH3 is 1. The van der Waals surface area contributed by atoms with Gasteiger partial charge in [0.05, 0.1) is 18.8 Å². The number of urea groups is 1. The van der Waals surface area contributed by atoms with Gasteiger partial charge < -0.3 is 14.5 Å². The van der Waals surface area contributed by atoms with Crippen LogP contribution in [0.2, 0.25) is 0 Å². The Balaban J connectivity index is 1.74. The van der Waals surface area contributed by atoms with Gasteiger partial charge in [-0.1, -0.05) is 51.1 Å². The molecular weight excluding hydrogens is 406 g/mol. The summed E-state index contributed by atoms with van der Waals surface area (Å²) < 4.78 is 5.21. The van der Waals surface area contributed by atoms with Gasteiger partial charge in [-0.25, -0.2) is 9.69 Å². The van der Waals surface area contributed by atoms with E-state index in [-0.39, 0.29) is 23.9 Å². The number of amides is 4. The average molecular weight is 436 g/mol. The highest BCUT2D eigenvalue weighted by Gasteiger charge is 2.54. The van der Waals surface area contributed by atoms with Crippen molar-refractivity contribution in [3.63, 3.8) is 0 Å². The fourth-order valence-corrected chi connectivity index (χ4v) is 4.49. The second-order valence-corrected chi connectivity index (χ2v) is 9.32. The molecule has 2 aliphatic heterocycles. The van der Waals surface area contributed by atoms with Crippen LogP contribution in [0.5, 0.6) is 5.75 Å². The van der Waals surface area contributed by atoms with Gasteiger partial charge in [0.2, 0.25) is 5.91 Å². The fourth-order valence-electron chi connectivity index (χ4n) is 4.49. The summed E-state index contributed by atoms with van der Waals surface area (Å²) in [5.74, 6) is 0.196. The fraction of sp³-hybridized carbons (Fsp3) is 0.400. The van der Waals surface area contributed by atoms with Crippen LogP contribution >= 0.6 is 0 Å². The Hall–Kier alpha value is -3.35. The maximum atomic E-state index is 13.7. The monoisotopic (exact) mass is 435 g/mol. The molecule has 0 aromatic heterocycles. The standard InChI is InChI=1S/C25H29N3O4/c1-25(2,3)23(30)26-15-14-20-21(26)22(29)28(18-10-12-19(32-4)13-11-18)24(31)27(20)16-17-8-6-5-7-9-17/h5-13,20-21H,14-16H2,1-4H3. The maximum absolute atomic E-state index is 13.7. The zero-order valence-corrected chi connectivity index (χ0v) is 18.9. The van der Waals surface area contributed by atoms with E-state index in [0.29, 0.717) is 30.9 Å². The predicted octanol–water partition coefficient (Wildman–Crippen LogP) is 3.68. The molecule has 168 valence electrons. The summed E-state index contributed by atoms with van der Waals surface area (Å²) in [6.45, 7) is 6.38. The number of hydrogen-bond donors (Lipinski definition) is 0. The molecule has 0 saturated carbocycles. The minimum Gasteiger partial charge on any atom is -0.497 e. The minimum atomic E-state index is -0.703. The normalized spacial score (nSPS) is 21.1. The Morgan fingerprint density at radius 2 is 1.69 bits per heavy atom. The van der Waals surface area contributed by atoms with Crippen LogP contribution in [0.3, 0.4) is 0 Å². The number of carbonyl (C=O) groups is 3. The highest BCUT2D eigenvalue weighted by atomic mass is 16.5. The van der Waals surface area contributed by atoms with Crippen LogP contribution in [0.25, 0.3) is 0 Å². The molecule has 2 heterocycles. The van der Waals surface area contributed by atoms with Crippen molar-refractivity contribution in [2.45, 2.75) is 45.8 Å². The molecule has 0 radical (unpaired) electrons. The molecule has 2 fully saturated rings. The van der Waals surface area contributed by atoms with Crippen LogP contribution in [-0.2, 0) is 16.1 Å². The molecule has 32 heavy (non-hydrogen) atoms. The van der Waals surface area contributed by atoms with E-state index in [1.165, 1.54) is 4.90 Å². The van der Waals surface area contributed by atoms with Crippen molar-refractivity contribution >= 4 is 23.5 Å². The second-order valence-electron chi connectivity index (χ2n) is 9.32. The lowest BCUT2D eigenvalue weighted by Crippen LogP contribution is -2.66. The first-order chi connectivity index (χ1) is 15.2. The number of fused-ring (bicyclic) bond motifs is 1. The first-order valence-electron chi connectivity index (χ1n) is 10.9. The van der Waals surface area contributed by atoms with Gasteiger partial charge in [0.1, 0.15) is 11.8 Å². The predicted molar refractivity (Wildman–Crippen MR) is 121 cm³/mol. The maximum Gasteiger partial charge on any atom is 0.332 e. The van der Waals surface area contributed by atoms with Crippen LogP contribution in [0, 0.1) is 5.41 Å². The summed E-state index contributed by atoms with van der Waals surface area (Å²) in [7, 11) is 1.56. The lowest BCUT2D eigenvalue weighted by Gasteiger charge is -2.44. The Labute approximate surface area is 188 Å². The summed E-state index contributed by atoms with van der Waals surface area (Å²) >= 11 is 0. The lowest BCUT2D eigenvalue weighted by atomic mass is 9.93. The van der Waals surface area contributed by atoms with Gasteiger partial charge in [-0.15, -0.1) is 0 Å². The highest BCUT2D eigenvalue weighted by molar-refractivity contribution is 6.19. The van der Waals surface area contributed by atoms with Gasteiger partial charge in [-0.3, -0.25) is 9.59 Å². The van der Waals surface area contributed by atoms with E-state index in [2.05, 4.69) is 0 Å². The molecule has 2 unspecified atom stereocenters. The molecule has 0 spiro atoms. The van der Waals surface area contributed by atoms with E-state index in [1.807, 2.05) is 51.1 Å². The number of ether oxygens (including phenoxy) is 1. The summed E-state index contributed by atoms with van der Waals surface area (Å²) in [5, 5.41) is 0. The number of rotatable bonds is 4. The van der Waals surface area contributed by atoms with Crippen LogP contribution in [0.1, 0.15) is 32.8 Å². The number of nitrogens with zero attached hydrogens (tertiary/aromatic N) is 3. The molecule has 0 aliphatic carbocycles. The Morgan fingerprint density at radius 3 is 2.28 bits per heavy atom. The second kappa shape index (κ2) is 8.30. The number of likely N-dealkylation sites (tertiary alicyclic amines) is 1. The number of hydrogen-bond acceptors (Lipinski definition) is 4. The highest BCUT2D eigenvalue weighted by Crippen LogP contribution is 2.36. The molecule has 2 saturated heterocycles.